The van der Waals surface area contributed by atoms with Crippen molar-refractivity contribution in [3.63, 3.8) is 0 Å². The van der Waals surface area contributed by atoms with Crippen molar-refractivity contribution in [2.45, 2.75) is 82.5 Å². The molecule has 1 aromatic carbocycles. The molecule has 2 aliphatic rings. The van der Waals surface area contributed by atoms with Crippen molar-refractivity contribution < 1.29 is 0 Å². The van der Waals surface area contributed by atoms with Crippen molar-refractivity contribution in [2.75, 3.05) is 10.6 Å². The molecule has 3 aromatic rings. The van der Waals surface area contributed by atoms with Crippen LogP contribution < -0.4 is 16.4 Å². The maximum Gasteiger partial charge on any atom is 0.227 e. The van der Waals surface area contributed by atoms with Crippen molar-refractivity contribution in [1.82, 2.24) is 19.5 Å². The first-order chi connectivity index (χ1) is 15.2. The van der Waals surface area contributed by atoms with E-state index in [1.54, 1.807) is 0 Å². The van der Waals surface area contributed by atoms with Crippen molar-refractivity contribution in [2.24, 2.45) is 5.73 Å². The number of nitrogens with two attached hydrogens (primary N) is 1. The van der Waals surface area contributed by atoms with E-state index in [0.717, 1.165) is 42.7 Å². The van der Waals surface area contributed by atoms with E-state index in [4.69, 9.17) is 20.7 Å². The number of hydrogen-bond donors (Lipinski definition) is 3. The standard InChI is InChI=1S/C24H33N7.2ClH/c1-16(17-7-3-2-4-8-17)27-22-21-23(31(15-26-21)20-9-5-6-10-20)30-24(29-22)28-19-13-11-18(25)12-14-19;;/h2-4,7-8,15-16,18-20H,5-6,9-14,25H2,1H3,(H2,27,28,29,30);2*1H/t16-,18?,19?;;/m1../s1. The number of nitrogens with one attached hydrogen (secondary N) is 2. The summed E-state index contributed by atoms with van der Waals surface area (Å²) in [4.78, 5) is 14.6. The summed E-state index contributed by atoms with van der Waals surface area (Å²) in [6, 6.07) is 11.8. The van der Waals surface area contributed by atoms with Gasteiger partial charge in [0.15, 0.2) is 17.0 Å². The lowest BCUT2D eigenvalue weighted by Gasteiger charge is -2.27. The second-order valence-electron chi connectivity index (χ2n) is 9.19. The molecule has 0 radical (unpaired) electrons. The molecule has 180 valence electrons. The largest absolute Gasteiger partial charge is 0.362 e. The Hall–Kier alpha value is -2.09. The Morgan fingerprint density at radius 3 is 2.36 bits per heavy atom. The quantitative estimate of drug-likeness (QED) is 0.412. The second-order valence-corrected chi connectivity index (χ2v) is 9.19. The summed E-state index contributed by atoms with van der Waals surface area (Å²) in [5, 5.41) is 7.20. The van der Waals surface area contributed by atoms with Gasteiger partial charge in [0.1, 0.15) is 0 Å². The minimum Gasteiger partial charge on any atom is -0.362 e. The van der Waals surface area contributed by atoms with Crippen LogP contribution in [0.3, 0.4) is 0 Å². The number of aromatic nitrogens is 4. The molecule has 7 nitrogen and oxygen atoms in total. The Balaban J connectivity index is 0.00000153. The maximum atomic E-state index is 6.09. The zero-order chi connectivity index (χ0) is 21.2. The second kappa shape index (κ2) is 11.4. The highest BCUT2D eigenvalue weighted by molar-refractivity contribution is 5.86. The number of fused-ring (bicyclic) bond motifs is 1. The third-order valence-electron chi connectivity index (χ3n) is 6.90. The highest BCUT2D eigenvalue weighted by Crippen LogP contribution is 2.34. The van der Waals surface area contributed by atoms with Crippen LogP contribution in [0.5, 0.6) is 0 Å². The molecule has 0 spiro atoms. The molecule has 2 aliphatic carbocycles. The molecule has 2 fully saturated rings. The van der Waals surface area contributed by atoms with Gasteiger partial charge in [-0.2, -0.15) is 9.97 Å². The minimum atomic E-state index is 0. The van der Waals surface area contributed by atoms with Crippen molar-refractivity contribution in [3.8, 4) is 0 Å². The van der Waals surface area contributed by atoms with E-state index in [1.807, 2.05) is 12.4 Å². The fourth-order valence-corrected chi connectivity index (χ4v) is 5.01. The summed E-state index contributed by atoms with van der Waals surface area (Å²) in [5.74, 6) is 1.49. The highest BCUT2D eigenvalue weighted by Gasteiger charge is 2.24. The van der Waals surface area contributed by atoms with E-state index in [0.29, 0.717) is 24.1 Å². The molecule has 1 atom stereocenters. The summed E-state index contributed by atoms with van der Waals surface area (Å²) >= 11 is 0. The lowest BCUT2D eigenvalue weighted by atomic mass is 9.92. The number of imidazole rings is 1. The molecule has 2 saturated carbocycles. The Bertz CT molecular complexity index is 1010. The predicted molar refractivity (Wildman–Crippen MR) is 140 cm³/mol. The van der Waals surface area contributed by atoms with Gasteiger partial charge in [-0.25, -0.2) is 4.98 Å². The van der Waals surface area contributed by atoms with Crippen LogP contribution in [0, 0.1) is 0 Å². The summed E-state index contributed by atoms with van der Waals surface area (Å²) in [6.45, 7) is 2.16. The zero-order valence-electron chi connectivity index (χ0n) is 19.1. The van der Waals surface area contributed by atoms with Crippen LogP contribution in [-0.2, 0) is 0 Å². The fraction of sp³-hybridized carbons (Fsp3) is 0.542. The number of rotatable bonds is 6. The summed E-state index contributed by atoms with van der Waals surface area (Å²) in [7, 11) is 0. The first-order valence-electron chi connectivity index (χ1n) is 11.8. The van der Waals surface area contributed by atoms with Crippen molar-refractivity contribution >= 4 is 47.7 Å². The van der Waals surface area contributed by atoms with Gasteiger partial charge in [0.2, 0.25) is 5.95 Å². The van der Waals surface area contributed by atoms with Crippen LogP contribution in [-0.4, -0.2) is 31.6 Å². The van der Waals surface area contributed by atoms with E-state index in [2.05, 4.69) is 46.4 Å². The van der Waals surface area contributed by atoms with Crippen molar-refractivity contribution in [3.05, 3.63) is 42.2 Å². The molecule has 0 amide bonds. The van der Waals surface area contributed by atoms with E-state index >= 15 is 0 Å². The topological polar surface area (TPSA) is 93.7 Å². The lowest BCUT2D eigenvalue weighted by Crippen LogP contribution is -2.33. The zero-order valence-corrected chi connectivity index (χ0v) is 20.7. The van der Waals surface area contributed by atoms with Crippen LogP contribution >= 0.6 is 24.8 Å². The smallest absolute Gasteiger partial charge is 0.227 e. The molecular formula is C24H35Cl2N7. The number of benzene rings is 1. The van der Waals surface area contributed by atoms with E-state index < -0.39 is 0 Å². The van der Waals surface area contributed by atoms with Gasteiger partial charge < -0.3 is 20.9 Å². The highest BCUT2D eigenvalue weighted by atomic mass is 35.5. The van der Waals surface area contributed by atoms with Gasteiger partial charge in [0.05, 0.1) is 12.4 Å². The number of hydrogen-bond acceptors (Lipinski definition) is 6. The normalized spacial score (nSPS) is 21.8. The van der Waals surface area contributed by atoms with Gasteiger partial charge >= 0.3 is 0 Å². The van der Waals surface area contributed by atoms with Gasteiger partial charge in [-0.05, 0) is 51.0 Å². The van der Waals surface area contributed by atoms with Gasteiger partial charge in [0.25, 0.3) is 0 Å². The van der Waals surface area contributed by atoms with Crippen LogP contribution in [0.15, 0.2) is 36.7 Å². The first-order valence-corrected chi connectivity index (χ1v) is 11.8. The van der Waals surface area contributed by atoms with E-state index in [1.165, 1.54) is 31.2 Å². The Labute approximate surface area is 208 Å². The van der Waals surface area contributed by atoms with Crippen LogP contribution in [0.4, 0.5) is 11.8 Å². The number of nitrogens with zero attached hydrogens (tertiary/aromatic N) is 4. The minimum absolute atomic E-state index is 0. The molecule has 33 heavy (non-hydrogen) atoms. The van der Waals surface area contributed by atoms with Crippen molar-refractivity contribution in [1.29, 1.82) is 0 Å². The van der Waals surface area contributed by atoms with Gasteiger partial charge in [-0.15, -0.1) is 24.8 Å². The molecule has 0 aliphatic heterocycles. The molecule has 0 bridgehead atoms. The molecule has 2 heterocycles. The van der Waals surface area contributed by atoms with Crippen LogP contribution in [0.1, 0.15) is 75.9 Å². The maximum absolute atomic E-state index is 6.09. The van der Waals surface area contributed by atoms with Gasteiger partial charge in [-0.3, -0.25) is 0 Å². The lowest BCUT2D eigenvalue weighted by molar-refractivity contribution is 0.410. The first kappa shape index (κ1) is 25.5. The van der Waals surface area contributed by atoms with Crippen LogP contribution in [0.25, 0.3) is 11.2 Å². The van der Waals surface area contributed by atoms with Gasteiger partial charge in [-0.1, -0.05) is 43.2 Å². The Morgan fingerprint density at radius 2 is 1.67 bits per heavy atom. The Kier molecular flexibility index (Phi) is 8.79. The van der Waals surface area contributed by atoms with E-state index in [9.17, 15) is 0 Å². The summed E-state index contributed by atoms with van der Waals surface area (Å²) < 4.78 is 2.27. The number of anilines is 2. The molecule has 2 aromatic heterocycles. The third kappa shape index (κ3) is 5.70. The predicted octanol–water partition coefficient (Wildman–Crippen LogP) is 5.64. The summed E-state index contributed by atoms with van der Waals surface area (Å²) in [5.41, 5.74) is 9.10. The average Bonchev–Trinajstić information content (AvgIpc) is 3.46. The monoisotopic (exact) mass is 491 g/mol. The molecule has 0 saturated heterocycles. The van der Waals surface area contributed by atoms with E-state index in [-0.39, 0.29) is 30.9 Å². The molecule has 0 unspecified atom stereocenters. The molecule has 9 heteroatoms. The fourth-order valence-electron chi connectivity index (χ4n) is 5.01. The molecular weight excluding hydrogens is 457 g/mol. The molecule has 5 rings (SSSR count). The van der Waals surface area contributed by atoms with Crippen LogP contribution in [0.2, 0.25) is 0 Å². The molecule has 4 N–H and O–H groups in total. The van der Waals surface area contributed by atoms with Gasteiger partial charge in [0, 0.05) is 18.1 Å². The average molecular weight is 492 g/mol. The number of halogens is 2. The third-order valence-corrected chi connectivity index (χ3v) is 6.90. The summed E-state index contributed by atoms with van der Waals surface area (Å²) in [6.07, 6.45) is 11.1. The SMILES string of the molecule is C[C@@H](Nc1nc(NC2CCC(N)CC2)nc2c1ncn2C1CCCC1)c1ccccc1.Cl.Cl. The Morgan fingerprint density at radius 1 is 0.970 bits per heavy atom.